The average Bonchev–Trinajstić information content (AvgIpc) is 3.47. The van der Waals surface area contributed by atoms with Crippen LogP contribution in [0.5, 0.6) is 11.5 Å². The molecule has 11 heteroatoms. The molecule has 0 fully saturated rings. The fourth-order valence-corrected chi connectivity index (χ4v) is 5.08. The molecule has 0 aliphatic heterocycles. The first-order valence-electron chi connectivity index (χ1n) is 11.5. The van der Waals surface area contributed by atoms with E-state index in [1.165, 1.54) is 42.5 Å². The predicted molar refractivity (Wildman–Crippen MR) is 152 cm³/mol. The van der Waals surface area contributed by atoms with Crippen LogP contribution in [0.2, 0.25) is 10.0 Å². The standard InChI is InChI=1S/C28H20Cl2N4O4S/c29-19-6-15-26(24(18-19)28(35)32-20-7-9-21(10-8-20)34-17-3-16-31-34)33-39(36,37)23-13-11-22(12-14-23)38-27-5-2-1-4-25(27)30/h1-18,33H,(H,32,35). The lowest BCUT2D eigenvalue weighted by Gasteiger charge is -2.14. The number of sulfonamides is 1. The number of nitrogens with zero attached hydrogens (tertiary/aromatic N) is 2. The number of hydrogen-bond donors (Lipinski definition) is 2. The SMILES string of the molecule is O=C(Nc1ccc(-n2cccn2)cc1)c1cc(Cl)ccc1NS(=O)(=O)c1ccc(Oc2ccccc2Cl)cc1. The topological polar surface area (TPSA) is 102 Å². The van der Waals surface area contributed by atoms with E-state index in [-0.39, 0.29) is 21.2 Å². The van der Waals surface area contributed by atoms with Gasteiger partial charge in [0.05, 0.1) is 26.9 Å². The number of benzene rings is 4. The molecule has 0 spiro atoms. The lowest BCUT2D eigenvalue weighted by atomic mass is 10.1. The molecule has 0 unspecified atom stereocenters. The van der Waals surface area contributed by atoms with Gasteiger partial charge in [0.2, 0.25) is 0 Å². The Bertz CT molecular complexity index is 1720. The summed E-state index contributed by atoms with van der Waals surface area (Å²) in [5.74, 6) is 0.318. The Balaban J connectivity index is 1.33. The summed E-state index contributed by atoms with van der Waals surface area (Å²) >= 11 is 12.3. The van der Waals surface area contributed by atoms with Gasteiger partial charge in [0.25, 0.3) is 15.9 Å². The van der Waals surface area contributed by atoms with Crippen LogP contribution in [0.15, 0.2) is 114 Å². The van der Waals surface area contributed by atoms with E-state index in [1.807, 2.05) is 0 Å². The molecule has 0 radical (unpaired) electrons. The zero-order chi connectivity index (χ0) is 27.4. The van der Waals surface area contributed by atoms with Crippen molar-refractivity contribution < 1.29 is 17.9 Å². The first-order valence-corrected chi connectivity index (χ1v) is 13.8. The van der Waals surface area contributed by atoms with Gasteiger partial charge >= 0.3 is 0 Å². The number of hydrogen-bond acceptors (Lipinski definition) is 5. The van der Waals surface area contributed by atoms with Crippen LogP contribution in [0, 0.1) is 0 Å². The third kappa shape index (κ3) is 6.23. The maximum absolute atomic E-state index is 13.1. The highest BCUT2D eigenvalue weighted by Crippen LogP contribution is 2.30. The van der Waals surface area contributed by atoms with Crippen LogP contribution in [0.25, 0.3) is 5.69 Å². The minimum Gasteiger partial charge on any atom is -0.456 e. The molecule has 0 saturated heterocycles. The maximum Gasteiger partial charge on any atom is 0.261 e. The van der Waals surface area contributed by atoms with E-state index in [0.29, 0.717) is 22.2 Å². The van der Waals surface area contributed by atoms with Crippen LogP contribution in [-0.4, -0.2) is 24.1 Å². The van der Waals surface area contributed by atoms with Gasteiger partial charge in [-0.25, -0.2) is 13.1 Å². The Hall–Kier alpha value is -4.31. The summed E-state index contributed by atoms with van der Waals surface area (Å²) in [6.45, 7) is 0. The van der Waals surface area contributed by atoms with Crippen molar-refractivity contribution in [1.29, 1.82) is 0 Å². The highest BCUT2D eigenvalue weighted by atomic mass is 35.5. The Morgan fingerprint density at radius 2 is 1.62 bits per heavy atom. The Morgan fingerprint density at radius 1 is 0.872 bits per heavy atom. The van der Waals surface area contributed by atoms with Crippen molar-refractivity contribution in [1.82, 2.24) is 9.78 Å². The van der Waals surface area contributed by atoms with E-state index in [1.54, 1.807) is 71.7 Å². The number of carbonyl (C=O) groups excluding carboxylic acids is 1. The summed E-state index contributed by atoms with van der Waals surface area (Å²) in [4.78, 5) is 13.1. The van der Waals surface area contributed by atoms with Crippen molar-refractivity contribution in [2.75, 3.05) is 10.0 Å². The molecular weight excluding hydrogens is 559 g/mol. The number of para-hydroxylation sites is 1. The molecule has 8 nitrogen and oxygen atoms in total. The van der Waals surface area contributed by atoms with Gasteiger partial charge in [0.15, 0.2) is 0 Å². The van der Waals surface area contributed by atoms with Crippen molar-refractivity contribution in [3.63, 3.8) is 0 Å². The van der Waals surface area contributed by atoms with Crippen LogP contribution in [0.3, 0.4) is 0 Å². The second kappa shape index (κ2) is 11.2. The fourth-order valence-electron chi connectivity index (χ4n) is 3.66. The summed E-state index contributed by atoms with van der Waals surface area (Å²) < 4.78 is 36.2. The molecule has 0 bridgehead atoms. The molecule has 0 aliphatic carbocycles. The van der Waals surface area contributed by atoms with Gasteiger partial charge in [-0.15, -0.1) is 0 Å². The minimum absolute atomic E-state index is 0.0236. The molecule has 1 amide bonds. The van der Waals surface area contributed by atoms with Gasteiger partial charge in [-0.2, -0.15) is 5.10 Å². The quantitative estimate of drug-likeness (QED) is 0.206. The van der Waals surface area contributed by atoms with Crippen molar-refractivity contribution in [2.45, 2.75) is 4.90 Å². The minimum atomic E-state index is -4.05. The number of nitrogens with one attached hydrogen (secondary N) is 2. The normalized spacial score (nSPS) is 11.1. The number of aromatic nitrogens is 2. The van der Waals surface area contributed by atoms with E-state index in [0.717, 1.165) is 5.69 Å². The van der Waals surface area contributed by atoms with Gasteiger partial charge in [-0.1, -0.05) is 35.3 Å². The lowest BCUT2D eigenvalue weighted by Crippen LogP contribution is -2.18. The summed E-state index contributed by atoms with van der Waals surface area (Å²) in [5.41, 5.74) is 1.46. The first-order chi connectivity index (χ1) is 18.8. The molecule has 1 aromatic heterocycles. The highest BCUT2D eigenvalue weighted by Gasteiger charge is 2.20. The highest BCUT2D eigenvalue weighted by molar-refractivity contribution is 7.92. The largest absolute Gasteiger partial charge is 0.456 e. The Kier molecular flexibility index (Phi) is 7.56. The molecule has 2 N–H and O–H groups in total. The molecular formula is C28H20Cl2N4O4S. The third-order valence-electron chi connectivity index (χ3n) is 5.56. The molecule has 0 saturated carbocycles. The van der Waals surface area contributed by atoms with Gasteiger partial charge < -0.3 is 10.1 Å². The van der Waals surface area contributed by atoms with Crippen LogP contribution >= 0.6 is 23.2 Å². The number of halogens is 2. The number of amides is 1. The van der Waals surface area contributed by atoms with Crippen LogP contribution in [0.4, 0.5) is 11.4 Å². The Morgan fingerprint density at radius 3 is 2.31 bits per heavy atom. The van der Waals surface area contributed by atoms with Crippen molar-refractivity contribution in [3.8, 4) is 17.2 Å². The van der Waals surface area contributed by atoms with Crippen LogP contribution in [0.1, 0.15) is 10.4 Å². The molecule has 5 rings (SSSR count). The molecule has 5 aromatic rings. The molecule has 0 atom stereocenters. The first kappa shape index (κ1) is 26.3. The summed E-state index contributed by atoms with van der Waals surface area (Å²) in [6, 6.07) is 25.9. The van der Waals surface area contributed by atoms with E-state index < -0.39 is 15.9 Å². The number of ether oxygens (including phenoxy) is 1. The Labute approximate surface area is 234 Å². The van der Waals surface area contributed by atoms with E-state index in [4.69, 9.17) is 27.9 Å². The van der Waals surface area contributed by atoms with Crippen molar-refractivity contribution >= 4 is 50.5 Å². The molecule has 196 valence electrons. The number of carbonyl (C=O) groups is 1. The van der Waals surface area contributed by atoms with Crippen LogP contribution < -0.4 is 14.8 Å². The molecule has 0 aliphatic rings. The van der Waals surface area contributed by atoms with E-state index in [2.05, 4.69) is 15.1 Å². The average molecular weight is 579 g/mol. The van der Waals surface area contributed by atoms with Crippen molar-refractivity contribution in [2.24, 2.45) is 0 Å². The van der Waals surface area contributed by atoms with E-state index in [9.17, 15) is 13.2 Å². The number of rotatable bonds is 8. The zero-order valence-electron chi connectivity index (χ0n) is 20.1. The van der Waals surface area contributed by atoms with Gasteiger partial charge in [-0.05, 0) is 84.9 Å². The second-order valence-electron chi connectivity index (χ2n) is 8.25. The van der Waals surface area contributed by atoms with Gasteiger partial charge in [-0.3, -0.25) is 9.52 Å². The molecule has 1 heterocycles. The summed E-state index contributed by atoms with van der Waals surface area (Å²) in [5, 5.41) is 7.64. The summed E-state index contributed by atoms with van der Waals surface area (Å²) in [6.07, 6.45) is 3.47. The monoisotopic (exact) mass is 578 g/mol. The second-order valence-corrected chi connectivity index (χ2v) is 10.8. The summed E-state index contributed by atoms with van der Waals surface area (Å²) in [7, 11) is -4.05. The predicted octanol–water partition coefficient (Wildman–Crippen LogP) is 7.02. The van der Waals surface area contributed by atoms with Crippen molar-refractivity contribution in [3.05, 3.63) is 125 Å². The van der Waals surface area contributed by atoms with Gasteiger partial charge in [0.1, 0.15) is 11.5 Å². The van der Waals surface area contributed by atoms with Gasteiger partial charge in [0, 0.05) is 23.1 Å². The van der Waals surface area contributed by atoms with E-state index >= 15 is 0 Å². The molecule has 39 heavy (non-hydrogen) atoms. The third-order valence-corrected chi connectivity index (χ3v) is 7.49. The smallest absolute Gasteiger partial charge is 0.261 e. The fraction of sp³-hybridized carbons (Fsp3) is 0. The number of anilines is 2. The maximum atomic E-state index is 13.1. The lowest BCUT2D eigenvalue weighted by molar-refractivity contribution is 0.102. The molecule has 4 aromatic carbocycles. The van der Waals surface area contributed by atoms with Crippen LogP contribution in [-0.2, 0) is 10.0 Å². The zero-order valence-corrected chi connectivity index (χ0v) is 22.4.